The molecule has 0 unspecified atom stereocenters. The molecule has 7 nitrogen and oxygen atoms in total. The summed E-state index contributed by atoms with van der Waals surface area (Å²) in [6.45, 7) is 5.29. The van der Waals surface area contributed by atoms with E-state index < -0.39 is 20.2 Å². The smallest absolute Gasteiger partial charge is 0.267 e. The molecule has 0 aromatic carbocycles. The Balaban J connectivity index is 3.38. The highest BCUT2D eigenvalue weighted by atomic mass is 32.2. The third-order valence-corrected chi connectivity index (χ3v) is 5.83. The average molecular weight is 374 g/mol. The van der Waals surface area contributed by atoms with Crippen molar-refractivity contribution in [2.45, 2.75) is 52.4 Å². The molecule has 1 N–H and O–H groups in total. The maximum atomic E-state index is 11.3. The Labute approximate surface area is 141 Å². The molecule has 0 rings (SSSR count). The fourth-order valence-corrected chi connectivity index (χ4v) is 3.82. The van der Waals surface area contributed by atoms with Gasteiger partial charge in [-0.1, -0.05) is 26.7 Å². The minimum atomic E-state index is -3.36. The van der Waals surface area contributed by atoms with E-state index in [0.717, 1.165) is 32.2 Å². The summed E-state index contributed by atoms with van der Waals surface area (Å²) in [4.78, 5) is 0. The summed E-state index contributed by atoms with van der Waals surface area (Å²) in [7, 11) is -6.69. The minimum Gasteiger partial charge on any atom is -0.314 e. The van der Waals surface area contributed by atoms with E-state index in [0.29, 0.717) is 19.4 Å². The molecule has 0 saturated heterocycles. The van der Waals surface area contributed by atoms with Crippen molar-refractivity contribution in [2.24, 2.45) is 0 Å². The predicted octanol–water partition coefficient (Wildman–Crippen LogP) is 1.65. The SMILES string of the molecule is CCCS(=O)(=O)OCCCCCCNCCOS(=O)(=O)CCC. The van der Waals surface area contributed by atoms with Crippen LogP contribution in [0.25, 0.3) is 0 Å². The molecule has 0 aliphatic rings. The topological polar surface area (TPSA) is 98.8 Å². The van der Waals surface area contributed by atoms with Gasteiger partial charge in [0.1, 0.15) is 0 Å². The second-order valence-corrected chi connectivity index (χ2v) is 8.85. The van der Waals surface area contributed by atoms with Gasteiger partial charge in [-0.15, -0.1) is 0 Å². The Morgan fingerprint density at radius 1 is 0.696 bits per heavy atom. The van der Waals surface area contributed by atoms with Crippen molar-refractivity contribution in [3.05, 3.63) is 0 Å². The van der Waals surface area contributed by atoms with Gasteiger partial charge in [-0.05, 0) is 32.2 Å². The van der Waals surface area contributed by atoms with E-state index in [-0.39, 0.29) is 24.7 Å². The fourth-order valence-electron chi connectivity index (χ4n) is 1.88. The summed E-state index contributed by atoms with van der Waals surface area (Å²) in [6, 6.07) is 0. The van der Waals surface area contributed by atoms with Crippen LogP contribution in [0.3, 0.4) is 0 Å². The Morgan fingerprint density at radius 2 is 1.22 bits per heavy atom. The van der Waals surface area contributed by atoms with Gasteiger partial charge in [0, 0.05) is 6.54 Å². The molecule has 140 valence electrons. The summed E-state index contributed by atoms with van der Waals surface area (Å²) in [6.07, 6.45) is 4.67. The van der Waals surface area contributed by atoms with Gasteiger partial charge in [-0.3, -0.25) is 8.37 Å². The molecule has 0 amide bonds. The average Bonchev–Trinajstić information content (AvgIpc) is 2.44. The normalized spacial score (nSPS) is 12.6. The Kier molecular flexibility index (Phi) is 13.0. The molecular weight excluding hydrogens is 342 g/mol. The van der Waals surface area contributed by atoms with Crippen LogP contribution in [0.15, 0.2) is 0 Å². The standard InChI is InChI=1S/C14H31NO6S2/c1-3-13-22(16,17)20-11-8-6-5-7-9-15-10-12-21-23(18,19)14-4-2/h15H,3-14H2,1-2H3. The number of hydrogen-bond donors (Lipinski definition) is 1. The van der Waals surface area contributed by atoms with Crippen LogP contribution in [0.4, 0.5) is 0 Å². The van der Waals surface area contributed by atoms with Crippen LogP contribution in [0.5, 0.6) is 0 Å². The van der Waals surface area contributed by atoms with Crippen molar-refractivity contribution in [2.75, 3.05) is 37.8 Å². The fraction of sp³-hybridized carbons (Fsp3) is 1.00. The molecule has 0 aromatic rings. The maximum absolute atomic E-state index is 11.3. The first kappa shape index (κ1) is 22.8. The van der Waals surface area contributed by atoms with Crippen LogP contribution in [-0.4, -0.2) is 54.6 Å². The lowest BCUT2D eigenvalue weighted by Gasteiger charge is -2.06. The zero-order chi connectivity index (χ0) is 17.6. The molecule has 0 bridgehead atoms. The van der Waals surface area contributed by atoms with Crippen LogP contribution < -0.4 is 5.32 Å². The quantitative estimate of drug-likeness (QED) is 0.324. The van der Waals surface area contributed by atoms with Crippen LogP contribution in [-0.2, 0) is 28.6 Å². The predicted molar refractivity (Wildman–Crippen MR) is 91.4 cm³/mol. The summed E-state index contributed by atoms with van der Waals surface area (Å²) in [5.41, 5.74) is 0. The Bertz CT molecular complexity index is 431. The molecule has 0 fully saturated rings. The van der Waals surface area contributed by atoms with Gasteiger partial charge in [0.15, 0.2) is 0 Å². The van der Waals surface area contributed by atoms with Gasteiger partial charge < -0.3 is 5.32 Å². The lowest BCUT2D eigenvalue weighted by Crippen LogP contribution is -2.23. The molecule has 0 aromatic heterocycles. The highest BCUT2D eigenvalue weighted by Crippen LogP contribution is 2.03. The first-order valence-corrected chi connectivity index (χ1v) is 11.4. The van der Waals surface area contributed by atoms with Crippen LogP contribution in [0.2, 0.25) is 0 Å². The zero-order valence-corrected chi connectivity index (χ0v) is 15.9. The summed E-state index contributed by atoms with van der Waals surface area (Å²) in [5.74, 6) is 0.135. The molecule has 0 saturated carbocycles. The molecule has 9 heteroatoms. The molecule has 0 radical (unpaired) electrons. The van der Waals surface area contributed by atoms with Gasteiger partial charge in [-0.25, -0.2) is 0 Å². The maximum Gasteiger partial charge on any atom is 0.267 e. The summed E-state index contributed by atoms with van der Waals surface area (Å²) in [5, 5.41) is 3.12. The van der Waals surface area contributed by atoms with E-state index in [1.54, 1.807) is 13.8 Å². The van der Waals surface area contributed by atoms with Crippen LogP contribution in [0.1, 0.15) is 52.4 Å². The first-order valence-electron chi connectivity index (χ1n) is 8.28. The lowest BCUT2D eigenvalue weighted by molar-refractivity contribution is 0.305. The molecule has 0 aliphatic heterocycles. The van der Waals surface area contributed by atoms with E-state index in [1.807, 2.05) is 0 Å². The van der Waals surface area contributed by atoms with Crippen LogP contribution >= 0.6 is 0 Å². The van der Waals surface area contributed by atoms with Crippen molar-refractivity contribution in [3.8, 4) is 0 Å². The van der Waals surface area contributed by atoms with Crippen molar-refractivity contribution < 1.29 is 25.2 Å². The van der Waals surface area contributed by atoms with Gasteiger partial charge >= 0.3 is 0 Å². The lowest BCUT2D eigenvalue weighted by atomic mass is 10.2. The van der Waals surface area contributed by atoms with E-state index in [9.17, 15) is 16.8 Å². The zero-order valence-electron chi connectivity index (χ0n) is 14.3. The number of rotatable bonds is 16. The summed E-state index contributed by atoms with van der Waals surface area (Å²) >= 11 is 0. The monoisotopic (exact) mass is 373 g/mol. The summed E-state index contributed by atoms with van der Waals surface area (Å²) < 4.78 is 54.8. The molecule has 0 atom stereocenters. The molecular formula is C14H31NO6S2. The third kappa shape index (κ3) is 15.1. The third-order valence-electron chi connectivity index (χ3n) is 2.96. The Morgan fingerprint density at radius 3 is 1.78 bits per heavy atom. The largest absolute Gasteiger partial charge is 0.314 e. The van der Waals surface area contributed by atoms with E-state index in [4.69, 9.17) is 8.37 Å². The van der Waals surface area contributed by atoms with Crippen molar-refractivity contribution >= 4 is 20.2 Å². The highest BCUT2D eigenvalue weighted by Gasteiger charge is 2.09. The number of nitrogens with one attached hydrogen (secondary N) is 1. The second kappa shape index (κ2) is 13.1. The van der Waals surface area contributed by atoms with Gasteiger partial charge in [0.25, 0.3) is 20.2 Å². The van der Waals surface area contributed by atoms with Crippen molar-refractivity contribution in [1.29, 1.82) is 0 Å². The van der Waals surface area contributed by atoms with Gasteiger partial charge in [0.05, 0.1) is 24.7 Å². The highest BCUT2D eigenvalue weighted by molar-refractivity contribution is 7.86. The van der Waals surface area contributed by atoms with E-state index in [1.165, 1.54) is 0 Å². The molecule has 0 heterocycles. The van der Waals surface area contributed by atoms with E-state index >= 15 is 0 Å². The minimum absolute atomic E-state index is 0.0586. The second-order valence-electron chi connectivity index (χ2n) is 5.33. The number of hydrogen-bond acceptors (Lipinski definition) is 7. The molecule has 0 aliphatic carbocycles. The molecule has 23 heavy (non-hydrogen) atoms. The van der Waals surface area contributed by atoms with Crippen molar-refractivity contribution in [3.63, 3.8) is 0 Å². The molecule has 0 spiro atoms. The Hall–Kier alpha value is -0.220. The van der Waals surface area contributed by atoms with Gasteiger partial charge in [0.2, 0.25) is 0 Å². The first-order chi connectivity index (χ1) is 10.8. The van der Waals surface area contributed by atoms with Crippen LogP contribution in [0, 0.1) is 0 Å². The van der Waals surface area contributed by atoms with Gasteiger partial charge in [-0.2, -0.15) is 16.8 Å². The number of unbranched alkanes of at least 4 members (excludes halogenated alkanes) is 3. The van der Waals surface area contributed by atoms with E-state index in [2.05, 4.69) is 5.32 Å². The van der Waals surface area contributed by atoms with Crippen molar-refractivity contribution in [1.82, 2.24) is 5.32 Å².